The Morgan fingerprint density at radius 3 is 2.50 bits per heavy atom. The highest BCUT2D eigenvalue weighted by Gasteiger charge is 2.17. The Bertz CT molecular complexity index is 1280. The van der Waals surface area contributed by atoms with Crippen molar-refractivity contribution >= 4 is 22.6 Å². The van der Waals surface area contributed by atoms with E-state index in [2.05, 4.69) is 10.3 Å². The summed E-state index contributed by atoms with van der Waals surface area (Å²) >= 11 is 0. The highest BCUT2D eigenvalue weighted by molar-refractivity contribution is 5.89. The Hall–Kier alpha value is -3.93. The highest BCUT2D eigenvalue weighted by Crippen LogP contribution is 2.16. The molecule has 6 heteroatoms. The number of pyridine rings is 1. The van der Waals surface area contributed by atoms with Gasteiger partial charge in [-0.15, -0.1) is 0 Å². The van der Waals surface area contributed by atoms with Crippen molar-refractivity contribution in [1.82, 2.24) is 9.88 Å². The Kier molecular flexibility index (Phi) is 6.31. The molecule has 0 fully saturated rings. The molecule has 5 nitrogen and oxygen atoms in total. The fourth-order valence-corrected chi connectivity index (χ4v) is 3.58. The molecular weight excluding hydrogens is 405 g/mol. The van der Waals surface area contributed by atoms with Gasteiger partial charge in [0.05, 0.1) is 6.54 Å². The number of carbonyl (C=O) groups is 1. The smallest absolute Gasteiger partial charge is 0.322 e. The summed E-state index contributed by atoms with van der Waals surface area (Å²) in [5, 5.41) is 3.71. The molecule has 0 aliphatic rings. The first kappa shape index (κ1) is 21.3. The Balaban J connectivity index is 1.59. The Labute approximate surface area is 185 Å². The minimum Gasteiger partial charge on any atom is -0.322 e. The minimum absolute atomic E-state index is 0.152. The van der Waals surface area contributed by atoms with Gasteiger partial charge in [-0.05, 0) is 66.3 Å². The lowest BCUT2D eigenvalue weighted by atomic mass is 10.1. The van der Waals surface area contributed by atoms with Gasteiger partial charge in [0.25, 0.3) is 5.56 Å². The van der Waals surface area contributed by atoms with Crippen LogP contribution in [0.2, 0.25) is 0 Å². The number of H-pyrrole nitrogens is 1. The van der Waals surface area contributed by atoms with E-state index in [-0.39, 0.29) is 24.0 Å². The summed E-state index contributed by atoms with van der Waals surface area (Å²) in [5.41, 5.74) is 3.69. The number of anilines is 1. The molecular formula is C26H24FN3O2. The fourth-order valence-electron chi connectivity index (χ4n) is 3.58. The molecule has 162 valence electrons. The number of carbonyl (C=O) groups excluding carboxylic acids is 1. The van der Waals surface area contributed by atoms with Crippen molar-refractivity contribution in [3.63, 3.8) is 0 Å². The fraction of sp³-hybridized carbons (Fsp3) is 0.154. The van der Waals surface area contributed by atoms with E-state index in [0.29, 0.717) is 24.2 Å². The van der Waals surface area contributed by atoms with Crippen LogP contribution in [0.5, 0.6) is 0 Å². The van der Waals surface area contributed by atoms with Gasteiger partial charge in [-0.2, -0.15) is 0 Å². The monoisotopic (exact) mass is 429 g/mol. The summed E-state index contributed by atoms with van der Waals surface area (Å²) in [5.74, 6) is -0.373. The first-order valence-corrected chi connectivity index (χ1v) is 10.5. The first-order valence-electron chi connectivity index (χ1n) is 10.5. The summed E-state index contributed by atoms with van der Waals surface area (Å²) in [6.07, 6.45) is 0.641. The molecule has 0 saturated heterocycles. The number of hydrogen-bond acceptors (Lipinski definition) is 2. The molecule has 32 heavy (non-hydrogen) atoms. The maximum atomic E-state index is 13.2. The molecule has 2 N–H and O–H groups in total. The second-order valence-electron chi connectivity index (χ2n) is 7.81. The van der Waals surface area contributed by atoms with Gasteiger partial charge in [-0.25, -0.2) is 9.18 Å². The third-order valence-electron chi connectivity index (χ3n) is 5.34. The third-order valence-corrected chi connectivity index (χ3v) is 5.34. The molecule has 0 radical (unpaired) electrons. The zero-order chi connectivity index (χ0) is 22.5. The SMILES string of the molecule is Cc1ccc2cc(CN(CCc3ccccc3)C(=O)Nc3ccc(F)cc3)c(=O)[nH]c2c1. The van der Waals surface area contributed by atoms with Gasteiger partial charge >= 0.3 is 6.03 Å². The number of benzene rings is 3. The van der Waals surface area contributed by atoms with Crippen molar-refractivity contribution < 1.29 is 9.18 Å². The number of hydrogen-bond donors (Lipinski definition) is 2. The van der Waals surface area contributed by atoms with E-state index in [1.165, 1.54) is 24.3 Å². The lowest BCUT2D eigenvalue weighted by Crippen LogP contribution is -2.37. The molecule has 4 aromatic rings. The molecule has 0 spiro atoms. The molecule has 0 unspecified atom stereocenters. The van der Waals surface area contributed by atoms with E-state index in [0.717, 1.165) is 22.0 Å². The topological polar surface area (TPSA) is 65.2 Å². The van der Waals surface area contributed by atoms with Crippen LogP contribution in [0, 0.1) is 12.7 Å². The molecule has 0 aliphatic heterocycles. The maximum Gasteiger partial charge on any atom is 0.322 e. The average Bonchev–Trinajstić information content (AvgIpc) is 2.79. The molecule has 0 bridgehead atoms. The van der Waals surface area contributed by atoms with Crippen molar-refractivity contribution in [2.24, 2.45) is 0 Å². The molecule has 1 aromatic heterocycles. The van der Waals surface area contributed by atoms with Gasteiger partial charge in [-0.3, -0.25) is 4.79 Å². The van der Waals surface area contributed by atoms with Crippen LogP contribution in [-0.2, 0) is 13.0 Å². The quantitative estimate of drug-likeness (QED) is 0.440. The van der Waals surface area contributed by atoms with Crippen molar-refractivity contribution in [1.29, 1.82) is 0 Å². The van der Waals surface area contributed by atoms with Crippen LogP contribution in [0.1, 0.15) is 16.7 Å². The number of aryl methyl sites for hydroxylation is 1. The molecule has 3 aromatic carbocycles. The van der Waals surface area contributed by atoms with Gasteiger partial charge in [0.15, 0.2) is 0 Å². The molecule has 0 aliphatic carbocycles. The molecule has 0 atom stereocenters. The summed E-state index contributed by atoms with van der Waals surface area (Å²) in [4.78, 5) is 30.3. The van der Waals surface area contributed by atoms with E-state index in [9.17, 15) is 14.0 Å². The van der Waals surface area contributed by atoms with Crippen LogP contribution < -0.4 is 10.9 Å². The summed E-state index contributed by atoms with van der Waals surface area (Å²) in [7, 11) is 0. The predicted octanol–water partition coefficient (Wildman–Crippen LogP) is 5.25. The summed E-state index contributed by atoms with van der Waals surface area (Å²) in [6, 6.07) is 22.8. The number of urea groups is 1. The van der Waals surface area contributed by atoms with Gasteiger partial charge in [-0.1, -0.05) is 42.5 Å². The standard InChI is InChI=1S/C26H24FN3O2/c1-18-7-8-20-16-21(25(31)29-24(20)15-18)17-30(14-13-19-5-3-2-4-6-19)26(32)28-23-11-9-22(27)10-12-23/h2-12,15-16H,13-14,17H2,1H3,(H,28,32)(H,29,31). The summed E-state index contributed by atoms with van der Waals surface area (Å²) < 4.78 is 13.2. The zero-order valence-electron chi connectivity index (χ0n) is 17.8. The molecule has 2 amide bonds. The van der Waals surface area contributed by atoms with E-state index < -0.39 is 0 Å². The van der Waals surface area contributed by atoms with Crippen LogP contribution in [0.15, 0.2) is 83.7 Å². The van der Waals surface area contributed by atoms with Crippen LogP contribution in [-0.4, -0.2) is 22.5 Å². The summed E-state index contributed by atoms with van der Waals surface area (Å²) in [6.45, 7) is 2.54. The van der Waals surface area contributed by atoms with Crippen LogP contribution in [0.4, 0.5) is 14.9 Å². The highest BCUT2D eigenvalue weighted by atomic mass is 19.1. The second kappa shape index (κ2) is 9.47. The predicted molar refractivity (Wildman–Crippen MR) is 125 cm³/mol. The van der Waals surface area contributed by atoms with Crippen molar-refractivity contribution in [2.75, 3.05) is 11.9 Å². The van der Waals surface area contributed by atoms with Gasteiger partial charge in [0.2, 0.25) is 0 Å². The van der Waals surface area contributed by atoms with E-state index in [1.54, 1.807) is 4.90 Å². The van der Waals surface area contributed by atoms with Crippen molar-refractivity contribution in [3.8, 4) is 0 Å². The van der Waals surface area contributed by atoms with Crippen molar-refractivity contribution in [3.05, 3.63) is 112 Å². The van der Waals surface area contributed by atoms with E-state index >= 15 is 0 Å². The zero-order valence-corrected chi connectivity index (χ0v) is 17.8. The maximum absolute atomic E-state index is 13.2. The lowest BCUT2D eigenvalue weighted by molar-refractivity contribution is 0.209. The number of fused-ring (bicyclic) bond motifs is 1. The minimum atomic E-state index is -0.373. The van der Waals surface area contributed by atoms with Gasteiger partial charge < -0.3 is 15.2 Å². The molecule has 4 rings (SSSR count). The second-order valence-corrected chi connectivity index (χ2v) is 7.81. The number of rotatable bonds is 6. The number of halogens is 1. The number of nitrogens with zero attached hydrogens (tertiary/aromatic N) is 1. The average molecular weight is 429 g/mol. The van der Waals surface area contributed by atoms with E-state index in [1.807, 2.05) is 61.5 Å². The largest absolute Gasteiger partial charge is 0.322 e. The normalized spacial score (nSPS) is 10.8. The molecule has 0 saturated carbocycles. The number of nitrogens with one attached hydrogen (secondary N) is 2. The number of aromatic amines is 1. The Morgan fingerprint density at radius 1 is 1.00 bits per heavy atom. The van der Waals surface area contributed by atoms with Gasteiger partial charge in [0, 0.05) is 23.3 Å². The third kappa shape index (κ3) is 5.21. The number of amides is 2. The van der Waals surface area contributed by atoms with Gasteiger partial charge in [0.1, 0.15) is 5.82 Å². The lowest BCUT2D eigenvalue weighted by Gasteiger charge is -2.23. The van der Waals surface area contributed by atoms with E-state index in [4.69, 9.17) is 0 Å². The van der Waals surface area contributed by atoms with Crippen LogP contribution in [0.25, 0.3) is 10.9 Å². The van der Waals surface area contributed by atoms with Crippen molar-refractivity contribution in [2.45, 2.75) is 19.9 Å². The van der Waals surface area contributed by atoms with Crippen LogP contribution in [0.3, 0.4) is 0 Å². The Morgan fingerprint density at radius 2 is 1.75 bits per heavy atom. The first-order chi connectivity index (χ1) is 15.5. The number of aromatic nitrogens is 1. The molecule has 1 heterocycles. The van der Waals surface area contributed by atoms with Crippen LogP contribution >= 0.6 is 0 Å².